The molecular formula is C13H11ClN6O. The van der Waals surface area contributed by atoms with Crippen LogP contribution in [0.4, 0.5) is 5.69 Å². The van der Waals surface area contributed by atoms with Crippen LogP contribution in [0.15, 0.2) is 24.3 Å². The second-order valence-corrected chi connectivity index (χ2v) is 4.90. The molecule has 1 amide bonds. The molecule has 7 nitrogen and oxygen atoms in total. The van der Waals surface area contributed by atoms with Gasteiger partial charge in [0.2, 0.25) is 0 Å². The van der Waals surface area contributed by atoms with E-state index in [1.807, 2.05) is 0 Å². The SMILES string of the molecule is Cc1nc2nnc(C(=O)Nc3ccc(Cl)cc3)c(C)n2n1. The Bertz CT molecular complexity index is 827. The van der Waals surface area contributed by atoms with E-state index in [1.54, 1.807) is 38.1 Å². The van der Waals surface area contributed by atoms with Gasteiger partial charge in [-0.2, -0.15) is 9.50 Å². The van der Waals surface area contributed by atoms with E-state index in [1.165, 1.54) is 4.52 Å². The summed E-state index contributed by atoms with van der Waals surface area (Å²) in [7, 11) is 0. The van der Waals surface area contributed by atoms with Crippen LogP contribution >= 0.6 is 11.6 Å². The summed E-state index contributed by atoms with van der Waals surface area (Å²) in [6.45, 7) is 3.49. The van der Waals surface area contributed by atoms with Crippen molar-refractivity contribution >= 4 is 29.0 Å². The third-order valence-corrected chi connectivity index (χ3v) is 3.16. The topological polar surface area (TPSA) is 85.1 Å². The molecule has 106 valence electrons. The molecule has 2 aromatic heterocycles. The van der Waals surface area contributed by atoms with Crippen molar-refractivity contribution in [3.63, 3.8) is 0 Å². The van der Waals surface area contributed by atoms with E-state index >= 15 is 0 Å². The minimum atomic E-state index is -0.364. The van der Waals surface area contributed by atoms with Gasteiger partial charge in [0.25, 0.3) is 11.7 Å². The Morgan fingerprint density at radius 3 is 2.62 bits per heavy atom. The van der Waals surface area contributed by atoms with E-state index in [0.717, 1.165) is 0 Å². The molecule has 0 aliphatic rings. The number of nitrogens with one attached hydrogen (secondary N) is 1. The van der Waals surface area contributed by atoms with Crippen LogP contribution in [0.2, 0.25) is 5.02 Å². The number of anilines is 1. The maximum atomic E-state index is 12.3. The van der Waals surface area contributed by atoms with Crippen molar-refractivity contribution < 1.29 is 4.79 Å². The zero-order valence-corrected chi connectivity index (χ0v) is 12.1. The van der Waals surface area contributed by atoms with Crippen LogP contribution in [-0.2, 0) is 0 Å². The summed E-state index contributed by atoms with van der Waals surface area (Å²) < 4.78 is 1.50. The van der Waals surface area contributed by atoms with E-state index in [0.29, 0.717) is 28.0 Å². The number of rotatable bonds is 2. The first-order valence-electron chi connectivity index (χ1n) is 6.18. The Hall–Kier alpha value is -2.54. The average molecular weight is 303 g/mol. The number of carbonyl (C=O) groups is 1. The molecule has 0 fully saturated rings. The highest BCUT2D eigenvalue weighted by Crippen LogP contribution is 2.15. The highest BCUT2D eigenvalue weighted by atomic mass is 35.5. The smallest absolute Gasteiger partial charge is 0.278 e. The molecule has 1 aromatic carbocycles. The van der Waals surface area contributed by atoms with Gasteiger partial charge in [-0.25, -0.2) is 0 Å². The molecule has 3 rings (SSSR count). The van der Waals surface area contributed by atoms with Gasteiger partial charge in [0.15, 0.2) is 5.69 Å². The Balaban J connectivity index is 1.94. The summed E-state index contributed by atoms with van der Waals surface area (Å²) >= 11 is 5.80. The van der Waals surface area contributed by atoms with E-state index < -0.39 is 0 Å². The number of hydrogen-bond acceptors (Lipinski definition) is 5. The van der Waals surface area contributed by atoms with Gasteiger partial charge in [-0.15, -0.1) is 15.3 Å². The monoisotopic (exact) mass is 302 g/mol. The zero-order chi connectivity index (χ0) is 15.0. The van der Waals surface area contributed by atoms with Crippen LogP contribution in [0.1, 0.15) is 22.0 Å². The molecule has 0 bridgehead atoms. The molecule has 0 saturated carbocycles. The van der Waals surface area contributed by atoms with Crippen LogP contribution < -0.4 is 5.32 Å². The van der Waals surface area contributed by atoms with Crippen molar-refractivity contribution in [2.24, 2.45) is 0 Å². The Kier molecular flexibility index (Phi) is 3.26. The lowest BCUT2D eigenvalue weighted by atomic mass is 10.3. The number of carbonyl (C=O) groups excluding carboxylic acids is 1. The minimum absolute atomic E-state index is 0.197. The predicted octanol–water partition coefficient (Wildman–Crippen LogP) is 2.04. The fourth-order valence-electron chi connectivity index (χ4n) is 1.89. The quantitative estimate of drug-likeness (QED) is 0.783. The van der Waals surface area contributed by atoms with Crippen molar-refractivity contribution in [3.8, 4) is 0 Å². The molecule has 0 aliphatic heterocycles. The number of amides is 1. The molecule has 0 atom stereocenters. The van der Waals surface area contributed by atoms with Gasteiger partial charge < -0.3 is 5.32 Å². The van der Waals surface area contributed by atoms with Crippen molar-refractivity contribution in [2.45, 2.75) is 13.8 Å². The van der Waals surface area contributed by atoms with E-state index in [9.17, 15) is 4.79 Å². The molecule has 0 aliphatic carbocycles. The highest BCUT2D eigenvalue weighted by Gasteiger charge is 2.16. The Morgan fingerprint density at radius 2 is 1.90 bits per heavy atom. The third-order valence-electron chi connectivity index (χ3n) is 2.91. The van der Waals surface area contributed by atoms with Crippen molar-refractivity contribution in [3.05, 3.63) is 46.5 Å². The zero-order valence-electron chi connectivity index (χ0n) is 11.3. The molecule has 8 heteroatoms. The van der Waals surface area contributed by atoms with Gasteiger partial charge >= 0.3 is 0 Å². The fraction of sp³-hybridized carbons (Fsp3) is 0.154. The molecule has 3 aromatic rings. The number of nitrogens with zero attached hydrogens (tertiary/aromatic N) is 5. The van der Waals surface area contributed by atoms with E-state index in [2.05, 4.69) is 25.6 Å². The van der Waals surface area contributed by atoms with Gasteiger partial charge in [0, 0.05) is 10.7 Å². The van der Waals surface area contributed by atoms with Crippen LogP contribution in [0, 0.1) is 13.8 Å². The van der Waals surface area contributed by atoms with Gasteiger partial charge in [-0.05, 0) is 38.1 Å². The van der Waals surface area contributed by atoms with Crippen LogP contribution in [-0.4, -0.2) is 30.7 Å². The lowest BCUT2D eigenvalue weighted by molar-refractivity contribution is 0.102. The summed E-state index contributed by atoms with van der Waals surface area (Å²) in [6.07, 6.45) is 0. The lowest BCUT2D eigenvalue weighted by Crippen LogP contribution is -2.18. The maximum Gasteiger partial charge on any atom is 0.278 e. The Labute approximate surface area is 125 Å². The Morgan fingerprint density at radius 1 is 1.19 bits per heavy atom. The number of benzene rings is 1. The fourth-order valence-corrected chi connectivity index (χ4v) is 2.02. The normalized spacial score (nSPS) is 10.8. The highest BCUT2D eigenvalue weighted by molar-refractivity contribution is 6.30. The third kappa shape index (κ3) is 2.55. The number of fused-ring (bicyclic) bond motifs is 1. The number of aryl methyl sites for hydroxylation is 2. The molecule has 21 heavy (non-hydrogen) atoms. The van der Waals surface area contributed by atoms with Crippen LogP contribution in [0.3, 0.4) is 0 Å². The maximum absolute atomic E-state index is 12.3. The molecule has 0 spiro atoms. The second kappa shape index (κ2) is 5.10. The minimum Gasteiger partial charge on any atom is -0.321 e. The van der Waals surface area contributed by atoms with Crippen molar-refractivity contribution in [2.75, 3.05) is 5.32 Å². The summed E-state index contributed by atoms with van der Waals surface area (Å²) in [5.41, 5.74) is 1.40. The predicted molar refractivity (Wildman–Crippen MR) is 77.5 cm³/mol. The van der Waals surface area contributed by atoms with Gasteiger partial charge in [-0.1, -0.05) is 11.6 Å². The van der Waals surface area contributed by atoms with Crippen molar-refractivity contribution in [1.29, 1.82) is 0 Å². The lowest BCUT2D eigenvalue weighted by Gasteiger charge is -2.06. The van der Waals surface area contributed by atoms with Crippen LogP contribution in [0.25, 0.3) is 5.78 Å². The molecular weight excluding hydrogens is 292 g/mol. The first-order valence-corrected chi connectivity index (χ1v) is 6.56. The van der Waals surface area contributed by atoms with E-state index in [4.69, 9.17) is 11.6 Å². The standard InChI is InChI=1S/C13H11ClN6O/c1-7-11(17-18-13-15-8(2)19-20(7)13)12(21)16-10-5-3-9(14)4-6-10/h3-6H,1-2H3,(H,16,21). The summed E-state index contributed by atoms with van der Waals surface area (Å²) in [5.74, 6) is 0.577. The first kappa shape index (κ1) is 13.4. The number of hydrogen-bond donors (Lipinski definition) is 1. The van der Waals surface area contributed by atoms with Gasteiger partial charge in [0.05, 0.1) is 5.69 Å². The number of aromatic nitrogens is 5. The van der Waals surface area contributed by atoms with Crippen molar-refractivity contribution in [1.82, 2.24) is 24.8 Å². The average Bonchev–Trinajstić information content (AvgIpc) is 2.83. The van der Waals surface area contributed by atoms with Crippen LogP contribution in [0.5, 0.6) is 0 Å². The van der Waals surface area contributed by atoms with Gasteiger partial charge in [-0.3, -0.25) is 4.79 Å². The largest absolute Gasteiger partial charge is 0.321 e. The number of halogens is 1. The second-order valence-electron chi connectivity index (χ2n) is 4.47. The summed E-state index contributed by atoms with van der Waals surface area (Å²) in [4.78, 5) is 16.4. The summed E-state index contributed by atoms with van der Waals surface area (Å²) in [5, 5.41) is 15.3. The summed E-state index contributed by atoms with van der Waals surface area (Å²) in [6, 6.07) is 6.81. The molecule has 1 N–H and O–H groups in total. The molecule has 0 unspecified atom stereocenters. The molecule has 0 radical (unpaired) electrons. The van der Waals surface area contributed by atoms with E-state index in [-0.39, 0.29) is 11.6 Å². The molecule has 2 heterocycles. The molecule has 0 saturated heterocycles. The van der Waals surface area contributed by atoms with Gasteiger partial charge in [0.1, 0.15) is 5.82 Å². The first-order chi connectivity index (χ1) is 10.0.